The number of nitrogens with two attached hydrogens (primary N) is 1. The van der Waals surface area contributed by atoms with Crippen molar-refractivity contribution in [3.05, 3.63) is 47.7 Å². The van der Waals surface area contributed by atoms with E-state index in [9.17, 15) is 33.6 Å². The van der Waals surface area contributed by atoms with E-state index in [0.29, 0.717) is 31.4 Å². The van der Waals surface area contributed by atoms with Crippen molar-refractivity contribution in [1.82, 2.24) is 35.6 Å². The van der Waals surface area contributed by atoms with Crippen LogP contribution in [0.15, 0.2) is 42.1 Å². The molecule has 1 saturated heterocycles. The number of thioether (sulfide) groups is 1. The molecule has 1 aliphatic heterocycles. The summed E-state index contributed by atoms with van der Waals surface area (Å²) in [6.45, 7) is 18.0. The summed E-state index contributed by atoms with van der Waals surface area (Å²) < 4.78 is 2.06. The van der Waals surface area contributed by atoms with Crippen molar-refractivity contribution in [1.29, 1.82) is 0 Å². The molecule has 16 nitrogen and oxygen atoms in total. The predicted octanol–water partition coefficient (Wildman–Crippen LogP) is 3.85. The van der Waals surface area contributed by atoms with E-state index >= 15 is 0 Å². The minimum atomic E-state index is -1.17. The van der Waals surface area contributed by atoms with Crippen molar-refractivity contribution in [2.45, 2.75) is 142 Å². The van der Waals surface area contributed by atoms with Gasteiger partial charge in [-0.3, -0.25) is 38.5 Å². The minimum Gasteiger partial charge on any atom is -0.480 e. The number of carbonyl (C=O) groups excluding carboxylic acids is 6. The van der Waals surface area contributed by atoms with Gasteiger partial charge in [-0.25, -0.2) is 0 Å². The number of amides is 6. The van der Waals surface area contributed by atoms with Crippen LogP contribution in [0.1, 0.15) is 106 Å². The standard InChI is InChI=1S/C47H74N8O8S/c1-28(2)35(54(12)44(61)40(46(5,6)7)52-42(59)39(49-10)47(8,9)32-26-53(11)34-20-14-13-19-31(32)34)24-29(3)41(58)51-30(4)18-15-16-22-50-37(56)21-17-23-55-38(57)25-36(43(55)60)64-27-33(48)45(62)63/h13-14,19-20,24,26,28,30,33,35-36,39-40,49H,15-18,21-23,25,27,48H2,1-12H3,(H,50,56)(H,51,58)(H,52,59)(H,62,63)/b29-24+/t30-,33+,35-,36?,39-,40-/m1/s1. The van der Waals surface area contributed by atoms with Crippen LogP contribution in [0, 0.1) is 11.3 Å². The number of para-hydroxylation sites is 1. The lowest BCUT2D eigenvalue weighted by Crippen LogP contribution is -2.61. The first-order valence-electron chi connectivity index (χ1n) is 22.3. The Bertz CT molecular complexity index is 2020. The summed E-state index contributed by atoms with van der Waals surface area (Å²) in [4.78, 5) is 93.1. The zero-order chi connectivity index (χ0) is 48.3. The second-order valence-electron chi connectivity index (χ2n) is 19.1. The number of carboxylic acids is 1. The monoisotopic (exact) mass is 911 g/mol. The summed E-state index contributed by atoms with van der Waals surface area (Å²) in [5.41, 5.74) is 6.79. The number of nitrogens with zero attached hydrogens (tertiary/aromatic N) is 3. The van der Waals surface area contributed by atoms with Gasteiger partial charge in [-0.15, -0.1) is 11.8 Å². The Hall–Kier alpha value is -4.74. The number of carbonyl (C=O) groups is 7. The van der Waals surface area contributed by atoms with Crippen molar-refractivity contribution in [2.24, 2.45) is 24.1 Å². The van der Waals surface area contributed by atoms with Crippen LogP contribution in [0.5, 0.6) is 0 Å². The Morgan fingerprint density at radius 3 is 2.27 bits per heavy atom. The smallest absolute Gasteiger partial charge is 0.321 e. The van der Waals surface area contributed by atoms with Gasteiger partial charge >= 0.3 is 5.97 Å². The first-order valence-corrected chi connectivity index (χ1v) is 23.4. The van der Waals surface area contributed by atoms with E-state index in [1.54, 1.807) is 25.9 Å². The number of aryl methyl sites for hydroxylation is 1. The van der Waals surface area contributed by atoms with Gasteiger partial charge in [-0.05, 0) is 69.5 Å². The summed E-state index contributed by atoms with van der Waals surface area (Å²) >= 11 is 1.06. The van der Waals surface area contributed by atoms with E-state index in [1.807, 2.05) is 80.6 Å². The highest BCUT2D eigenvalue weighted by Crippen LogP contribution is 2.35. The Kier molecular flexibility index (Phi) is 19.6. The zero-order valence-electron chi connectivity index (χ0n) is 40.0. The van der Waals surface area contributed by atoms with Crippen LogP contribution in [-0.4, -0.2) is 129 Å². The minimum absolute atomic E-state index is 0.0145. The number of nitrogens with one attached hydrogen (secondary N) is 4. The lowest BCUT2D eigenvalue weighted by molar-refractivity contribution is -0.141. The van der Waals surface area contributed by atoms with Crippen molar-refractivity contribution < 1.29 is 38.7 Å². The van der Waals surface area contributed by atoms with Gasteiger partial charge in [-0.1, -0.05) is 72.7 Å². The number of unbranched alkanes of at least 4 members (excludes halogenated alkanes) is 1. The molecule has 0 saturated carbocycles. The summed E-state index contributed by atoms with van der Waals surface area (Å²) in [5.74, 6) is -2.91. The molecule has 356 valence electrons. The maximum Gasteiger partial charge on any atom is 0.321 e. The average molecular weight is 911 g/mol. The number of hydrogen-bond acceptors (Lipinski definition) is 10. The molecule has 1 aromatic heterocycles. The van der Waals surface area contributed by atoms with Crippen molar-refractivity contribution >= 4 is 64.1 Å². The van der Waals surface area contributed by atoms with Gasteiger partial charge in [-0.2, -0.15) is 0 Å². The Morgan fingerprint density at radius 1 is 1.00 bits per heavy atom. The Labute approximate surface area is 383 Å². The number of benzene rings is 1. The van der Waals surface area contributed by atoms with Gasteiger partial charge in [0.1, 0.15) is 12.1 Å². The number of fused-ring (bicyclic) bond motifs is 1. The third-order valence-electron chi connectivity index (χ3n) is 12.1. The third-order valence-corrected chi connectivity index (χ3v) is 13.4. The molecule has 2 heterocycles. The number of rotatable bonds is 24. The molecule has 6 atom stereocenters. The SMILES string of the molecule is CN[C@H](C(=O)N[C@H](C(=O)N(C)[C@H](/C=C(\C)C(=O)N[C@H](C)CCCCNC(=O)CCCN1C(=O)CC(SC[C@H](N)C(=O)O)C1=O)C(C)C)C(C)(C)C)C(C)(C)c1cn(C)c2ccccc12. The van der Waals surface area contributed by atoms with Crippen LogP contribution in [0.2, 0.25) is 0 Å². The molecule has 0 aliphatic carbocycles. The fraction of sp³-hybridized carbons (Fsp3) is 0.638. The molecule has 1 aromatic carbocycles. The van der Waals surface area contributed by atoms with Gasteiger partial charge in [0, 0.05) is 79.9 Å². The fourth-order valence-electron chi connectivity index (χ4n) is 8.15. The molecule has 6 amide bonds. The number of likely N-dealkylation sites (N-methyl/N-ethyl adjacent to an activating group) is 2. The van der Waals surface area contributed by atoms with Crippen molar-refractivity contribution in [3.63, 3.8) is 0 Å². The van der Waals surface area contributed by atoms with Crippen molar-refractivity contribution in [3.8, 4) is 0 Å². The Balaban J connectivity index is 1.50. The summed E-state index contributed by atoms with van der Waals surface area (Å²) in [7, 11) is 5.46. The largest absolute Gasteiger partial charge is 0.480 e. The molecule has 0 bridgehead atoms. The molecule has 1 aliphatic rings. The lowest BCUT2D eigenvalue weighted by Gasteiger charge is -2.39. The summed E-state index contributed by atoms with van der Waals surface area (Å²) in [6.07, 6.45) is 6.41. The van der Waals surface area contributed by atoms with Gasteiger partial charge in [0.25, 0.3) is 0 Å². The van der Waals surface area contributed by atoms with E-state index in [4.69, 9.17) is 10.8 Å². The maximum absolute atomic E-state index is 14.4. The first kappa shape index (κ1) is 53.6. The second kappa shape index (κ2) is 23.4. The fourth-order valence-corrected chi connectivity index (χ4v) is 9.26. The van der Waals surface area contributed by atoms with E-state index in [0.717, 1.165) is 39.5 Å². The summed E-state index contributed by atoms with van der Waals surface area (Å²) in [6, 6.07) is 4.86. The van der Waals surface area contributed by atoms with Gasteiger partial charge in [0.2, 0.25) is 35.4 Å². The molecule has 3 rings (SSSR count). The number of hydrogen-bond donors (Lipinski definition) is 6. The molecule has 0 spiro atoms. The predicted molar refractivity (Wildman–Crippen MR) is 252 cm³/mol. The topological polar surface area (TPSA) is 225 Å². The first-order chi connectivity index (χ1) is 29.8. The van der Waals surface area contributed by atoms with Gasteiger partial charge in [0.15, 0.2) is 0 Å². The second-order valence-corrected chi connectivity index (χ2v) is 20.4. The molecule has 64 heavy (non-hydrogen) atoms. The lowest BCUT2D eigenvalue weighted by atomic mass is 9.76. The quantitative estimate of drug-likeness (QED) is 0.0504. The molecule has 1 fully saturated rings. The zero-order valence-corrected chi connectivity index (χ0v) is 40.8. The Morgan fingerprint density at radius 2 is 1.66 bits per heavy atom. The maximum atomic E-state index is 14.4. The highest BCUT2D eigenvalue weighted by molar-refractivity contribution is 8.00. The summed E-state index contributed by atoms with van der Waals surface area (Å²) in [5, 5.41) is 21.6. The van der Waals surface area contributed by atoms with E-state index < -0.39 is 46.2 Å². The highest BCUT2D eigenvalue weighted by Gasteiger charge is 2.43. The molecular weight excluding hydrogens is 837 g/mol. The number of likely N-dealkylation sites (tertiary alicyclic amines) is 1. The number of aliphatic carboxylic acids is 1. The normalized spacial score (nSPS) is 17.2. The van der Waals surface area contributed by atoms with Crippen LogP contribution in [0.25, 0.3) is 10.9 Å². The van der Waals surface area contributed by atoms with Crippen molar-refractivity contribution in [2.75, 3.05) is 32.9 Å². The molecule has 0 radical (unpaired) electrons. The molecule has 7 N–H and O–H groups in total. The number of imide groups is 1. The van der Waals surface area contributed by atoms with E-state index in [2.05, 4.69) is 44.2 Å². The average Bonchev–Trinajstić information content (AvgIpc) is 3.70. The number of aromatic nitrogens is 1. The van der Waals surface area contributed by atoms with Crippen LogP contribution >= 0.6 is 11.8 Å². The highest BCUT2D eigenvalue weighted by atomic mass is 32.2. The molecule has 2 aromatic rings. The van der Waals surface area contributed by atoms with E-state index in [-0.39, 0.29) is 72.5 Å². The van der Waals surface area contributed by atoms with Crippen LogP contribution < -0.4 is 27.0 Å². The van der Waals surface area contributed by atoms with Gasteiger partial charge < -0.3 is 41.6 Å². The molecule has 17 heteroatoms. The van der Waals surface area contributed by atoms with E-state index in [1.165, 1.54) is 0 Å². The van der Waals surface area contributed by atoms with Crippen LogP contribution in [0.4, 0.5) is 0 Å². The van der Waals surface area contributed by atoms with Crippen LogP contribution in [-0.2, 0) is 46.0 Å². The number of carboxylic acid groups (broad SMARTS) is 1. The molecular formula is C47H74N8O8S. The van der Waals surface area contributed by atoms with Crippen LogP contribution in [0.3, 0.4) is 0 Å². The molecule has 1 unspecified atom stereocenters. The third kappa shape index (κ3) is 14.1. The van der Waals surface area contributed by atoms with Gasteiger partial charge in [0.05, 0.1) is 17.3 Å².